The number of hydrogen-bond acceptors (Lipinski definition) is 1. The summed E-state index contributed by atoms with van der Waals surface area (Å²) in [6.07, 6.45) is 8.62. The highest BCUT2D eigenvalue weighted by Crippen LogP contribution is 2.17. The number of hydrogen-bond donors (Lipinski definition) is 1. The van der Waals surface area contributed by atoms with Crippen LogP contribution in [-0.2, 0) is 0 Å². The summed E-state index contributed by atoms with van der Waals surface area (Å²) in [5.41, 5.74) is 2.87. The van der Waals surface area contributed by atoms with E-state index in [-0.39, 0.29) is 0 Å². The first-order chi connectivity index (χ1) is 6.88. The molecular weight excluding hydrogens is 170 g/mol. The van der Waals surface area contributed by atoms with Gasteiger partial charge in [-0.05, 0) is 37.5 Å². The summed E-state index contributed by atoms with van der Waals surface area (Å²) in [5, 5.41) is 3.39. The second-order valence-corrected chi connectivity index (χ2v) is 3.02. The van der Waals surface area contributed by atoms with E-state index in [1.54, 1.807) is 0 Å². The second-order valence-electron chi connectivity index (χ2n) is 3.02. The van der Waals surface area contributed by atoms with E-state index >= 15 is 0 Å². The van der Waals surface area contributed by atoms with Crippen molar-refractivity contribution in [3.8, 4) is 0 Å². The Balaban J connectivity index is 0.000000791. The Bertz CT molecular complexity index is 211. The molecule has 0 atom stereocenters. The van der Waals surface area contributed by atoms with Gasteiger partial charge in [-0.2, -0.15) is 0 Å². The largest absolute Gasteiger partial charge is 0.313 e. The van der Waals surface area contributed by atoms with Gasteiger partial charge < -0.3 is 5.32 Å². The van der Waals surface area contributed by atoms with E-state index in [1.165, 1.54) is 24.0 Å². The highest BCUT2D eigenvalue weighted by atomic mass is 14.9. The highest BCUT2D eigenvalue weighted by molar-refractivity contribution is 5.34. The Morgan fingerprint density at radius 1 is 1.29 bits per heavy atom. The molecule has 1 fully saturated rings. The topological polar surface area (TPSA) is 12.0 Å². The van der Waals surface area contributed by atoms with Gasteiger partial charge in [0.25, 0.3) is 0 Å². The molecule has 0 unspecified atom stereocenters. The smallest absolute Gasteiger partial charge is 0.0208 e. The molecule has 0 aromatic carbocycles. The molecule has 0 aromatic heterocycles. The lowest BCUT2D eigenvalue weighted by atomic mass is 10.0. The Labute approximate surface area is 88.6 Å². The van der Waals surface area contributed by atoms with E-state index < -0.39 is 0 Å². The predicted molar refractivity (Wildman–Crippen MR) is 65.5 cm³/mol. The van der Waals surface area contributed by atoms with Crippen molar-refractivity contribution < 1.29 is 0 Å². The first kappa shape index (κ1) is 13.2. The average molecular weight is 193 g/mol. The zero-order chi connectivity index (χ0) is 10.8. The van der Waals surface area contributed by atoms with Crippen molar-refractivity contribution in [2.45, 2.75) is 33.6 Å². The molecule has 1 nitrogen and oxygen atoms in total. The van der Waals surface area contributed by atoms with Crippen LogP contribution in [0, 0.1) is 0 Å². The van der Waals surface area contributed by atoms with Crippen LogP contribution in [0.4, 0.5) is 0 Å². The normalized spacial score (nSPS) is 22.5. The van der Waals surface area contributed by atoms with Crippen LogP contribution < -0.4 is 5.32 Å². The molecule has 0 bridgehead atoms. The lowest BCUT2D eigenvalue weighted by Crippen LogP contribution is -2.15. The molecule has 1 heterocycles. The van der Waals surface area contributed by atoms with E-state index in [9.17, 15) is 0 Å². The Kier molecular flexibility index (Phi) is 8.25. The molecule has 0 spiro atoms. The van der Waals surface area contributed by atoms with Crippen molar-refractivity contribution >= 4 is 0 Å². The zero-order valence-corrected chi connectivity index (χ0v) is 9.77. The van der Waals surface area contributed by atoms with Gasteiger partial charge in [0.2, 0.25) is 0 Å². The van der Waals surface area contributed by atoms with Crippen molar-refractivity contribution in [2.75, 3.05) is 13.1 Å². The van der Waals surface area contributed by atoms with E-state index in [1.807, 2.05) is 19.9 Å². The zero-order valence-electron chi connectivity index (χ0n) is 9.77. The predicted octanol–water partition coefficient (Wildman–Crippen LogP) is 3.45. The fourth-order valence-corrected chi connectivity index (χ4v) is 1.54. The van der Waals surface area contributed by atoms with E-state index in [2.05, 4.69) is 31.0 Å². The van der Waals surface area contributed by atoms with Crippen LogP contribution in [0.25, 0.3) is 0 Å². The molecule has 1 N–H and O–H groups in total. The fourth-order valence-electron chi connectivity index (χ4n) is 1.54. The third-order valence-corrected chi connectivity index (χ3v) is 2.20. The molecule has 1 aliphatic rings. The number of rotatable bonds is 1. The summed E-state index contributed by atoms with van der Waals surface area (Å²) in [5.74, 6) is 0. The quantitative estimate of drug-likeness (QED) is 0.672. The van der Waals surface area contributed by atoms with Gasteiger partial charge in [-0.25, -0.2) is 0 Å². The monoisotopic (exact) mass is 193 g/mol. The Morgan fingerprint density at radius 3 is 2.57 bits per heavy atom. The first-order valence-corrected chi connectivity index (χ1v) is 5.56. The van der Waals surface area contributed by atoms with Crippen LogP contribution >= 0.6 is 0 Å². The van der Waals surface area contributed by atoms with Crippen molar-refractivity contribution in [3.05, 3.63) is 36.0 Å². The molecule has 1 heteroatoms. The van der Waals surface area contributed by atoms with Gasteiger partial charge in [0.05, 0.1) is 0 Å². The molecule has 0 amide bonds. The van der Waals surface area contributed by atoms with Gasteiger partial charge in [-0.1, -0.05) is 38.7 Å². The first-order valence-electron chi connectivity index (χ1n) is 5.56. The van der Waals surface area contributed by atoms with Crippen molar-refractivity contribution in [1.29, 1.82) is 0 Å². The van der Waals surface area contributed by atoms with E-state index in [4.69, 9.17) is 0 Å². The third-order valence-electron chi connectivity index (χ3n) is 2.20. The fraction of sp³-hybridized carbons (Fsp3) is 0.538. The molecule has 1 rings (SSSR count). The summed E-state index contributed by atoms with van der Waals surface area (Å²) in [4.78, 5) is 0. The third kappa shape index (κ3) is 4.43. The summed E-state index contributed by atoms with van der Waals surface area (Å²) in [6.45, 7) is 12.0. The van der Waals surface area contributed by atoms with Crippen molar-refractivity contribution in [1.82, 2.24) is 5.32 Å². The number of allylic oxidation sites excluding steroid dienone is 3. The Morgan fingerprint density at radius 2 is 2.00 bits per heavy atom. The summed E-state index contributed by atoms with van der Waals surface area (Å²) in [7, 11) is 0. The number of nitrogens with one attached hydrogen (secondary N) is 1. The molecule has 0 aliphatic carbocycles. The molecule has 14 heavy (non-hydrogen) atoms. The van der Waals surface area contributed by atoms with Gasteiger partial charge in [0.1, 0.15) is 0 Å². The molecule has 0 saturated carbocycles. The van der Waals surface area contributed by atoms with Crippen molar-refractivity contribution in [2.24, 2.45) is 0 Å². The summed E-state index contributed by atoms with van der Waals surface area (Å²) >= 11 is 0. The maximum absolute atomic E-state index is 3.72. The van der Waals surface area contributed by atoms with Crippen LogP contribution in [-0.4, -0.2) is 13.1 Å². The lowest BCUT2D eigenvalue weighted by molar-refractivity contribution is 0.722. The van der Waals surface area contributed by atoms with Gasteiger partial charge in [-0.3, -0.25) is 0 Å². The van der Waals surface area contributed by atoms with Crippen LogP contribution in [0.1, 0.15) is 33.6 Å². The van der Waals surface area contributed by atoms with Crippen LogP contribution in [0.3, 0.4) is 0 Å². The minimum Gasteiger partial charge on any atom is -0.313 e. The Hall–Kier alpha value is -0.820. The maximum Gasteiger partial charge on any atom is 0.0208 e. The van der Waals surface area contributed by atoms with Gasteiger partial charge in [-0.15, -0.1) is 0 Å². The maximum atomic E-state index is 3.72. The van der Waals surface area contributed by atoms with E-state index in [0.717, 1.165) is 13.1 Å². The molecule has 1 aliphatic heterocycles. The standard InChI is InChI=1S/C11H17N.C2H6/c1-3-6-11-9-12-8-5-7-10(11)4-2;1-2/h3-4,6,12H,1,5,7-9H2,2H3;1-2H3/b10-4-,11-6-;. The molecule has 1 saturated heterocycles. The summed E-state index contributed by atoms with van der Waals surface area (Å²) in [6, 6.07) is 0. The summed E-state index contributed by atoms with van der Waals surface area (Å²) < 4.78 is 0. The lowest BCUT2D eigenvalue weighted by Gasteiger charge is -2.05. The second kappa shape index (κ2) is 8.76. The highest BCUT2D eigenvalue weighted by Gasteiger charge is 2.06. The van der Waals surface area contributed by atoms with Gasteiger partial charge in [0.15, 0.2) is 0 Å². The SMILES string of the molecule is C=C/C=C1/CNCCC/C1=C/C.CC. The van der Waals surface area contributed by atoms with Crippen molar-refractivity contribution in [3.63, 3.8) is 0 Å². The molecule has 0 radical (unpaired) electrons. The van der Waals surface area contributed by atoms with E-state index in [0.29, 0.717) is 0 Å². The van der Waals surface area contributed by atoms with Gasteiger partial charge in [0, 0.05) is 6.54 Å². The van der Waals surface area contributed by atoms with Crippen LogP contribution in [0.2, 0.25) is 0 Å². The average Bonchev–Trinajstić information content (AvgIpc) is 2.47. The molecular formula is C13H23N. The van der Waals surface area contributed by atoms with Crippen LogP contribution in [0.15, 0.2) is 36.0 Å². The van der Waals surface area contributed by atoms with Crippen LogP contribution in [0.5, 0.6) is 0 Å². The molecule has 0 aromatic rings. The minimum atomic E-state index is 0.992. The molecule has 80 valence electrons. The minimum absolute atomic E-state index is 0.992. The van der Waals surface area contributed by atoms with Gasteiger partial charge >= 0.3 is 0 Å².